The van der Waals surface area contributed by atoms with Gasteiger partial charge in [-0.25, -0.2) is 0 Å². The Hall–Kier alpha value is -3.42. The van der Waals surface area contributed by atoms with E-state index in [0.717, 1.165) is 5.56 Å². The van der Waals surface area contributed by atoms with Crippen LogP contribution >= 0.6 is 0 Å². The van der Waals surface area contributed by atoms with Crippen LogP contribution in [0.2, 0.25) is 0 Å². The molecule has 26 heavy (non-hydrogen) atoms. The molecule has 1 amide bonds. The summed E-state index contributed by atoms with van der Waals surface area (Å²) in [6, 6.07) is 12.5. The topological polar surface area (TPSA) is 108 Å². The normalized spacial score (nSPS) is 10.0. The molecule has 0 aliphatic carbocycles. The van der Waals surface area contributed by atoms with Crippen LogP contribution in [0.25, 0.3) is 0 Å². The maximum Gasteiger partial charge on any atom is 0.312 e. The fraction of sp³-hybridized carbons (Fsp3) is 0.222. The van der Waals surface area contributed by atoms with Gasteiger partial charge in [0, 0.05) is 18.7 Å². The number of nitrogens with zero attached hydrogens (tertiary/aromatic N) is 1. The fourth-order valence-electron chi connectivity index (χ4n) is 2.03. The maximum absolute atomic E-state index is 11.7. The molecule has 0 spiro atoms. The van der Waals surface area contributed by atoms with E-state index in [-0.39, 0.29) is 36.9 Å². The maximum atomic E-state index is 11.7. The second-order valence-electron chi connectivity index (χ2n) is 5.43. The van der Waals surface area contributed by atoms with Crippen molar-refractivity contribution < 1.29 is 24.0 Å². The Kier molecular flexibility index (Phi) is 6.67. The minimum Gasteiger partial charge on any atom is -0.484 e. The summed E-state index contributed by atoms with van der Waals surface area (Å²) in [7, 11) is 0. The first-order valence-electron chi connectivity index (χ1n) is 7.85. The lowest BCUT2D eigenvalue weighted by Crippen LogP contribution is -2.31. The lowest BCUT2D eigenvalue weighted by molar-refractivity contribution is -0.384. The summed E-state index contributed by atoms with van der Waals surface area (Å²) in [6.07, 6.45) is -0.0346. The molecule has 0 saturated carbocycles. The Balaban J connectivity index is 1.67. The van der Waals surface area contributed by atoms with E-state index in [0.29, 0.717) is 5.75 Å². The molecule has 1 N–H and O–H groups in total. The molecule has 2 aromatic carbocycles. The van der Waals surface area contributed by atoms with Gasteiger partial charge in [0.25, 0.3) is 11.6 Å². The zero-order valence-electron chi connectivity index (χ0n) is 14.1. The van der Waals surface area contributed by atoms with Crippen LogP contribution in [0.5, 0.6) is 11.5 Å². The van der Waals surface area contributed by atoms with Gasteiger partial charge in [-0.3, -0.25) is 19.7 Å². The molecule has 0 saturated heterocycles. The Morgan fingerprint density at radius 2 is 1.85 bits per heavy atom. The van der Waals surface area contributed by atoms with Crippen LogP contribution in [-0.4, -0.2) is 30.0 Å². The van der Waals surface area contributed by atoms with Gasteiger partial charge in [0.05, 0.1) is 11.3 Å². The Morgan fingerprint density at radius 3 is 2.50 bits per heavy atom. The van der Waals surface area contributed by atoms with Gasteiger partial charge in [-0.2, -0.15) is 0 Å². The number of rotatable bonds is 8. The van der Waals surface area contributed by atoms with Crippen molar-refractivity contribution in [3.63, 3.8) is 0 Å². The smallest absolute Gasteiger partial charge is 0.312 e. The zero-order valence-corrected chi connectivity index (χ0v) is 14.1. The Labute approximate surface area is 149 Å². The van der Waals surface area contributed by atoms with Crippen LogP contribution in [0.1, 0.15) is 12.0 Å². The Morgan fingerprint density at radius 1 is 1.12 bits per heavy atom. The third-order valence-electron chi connectivity index (χ3n) is 3.29. The van der Waals surface area contributed by atoms with Crippen molar-refractivity contribution >= 4 is 17.6 Å². The quantitative estimate of drug-likeness (QED) is 0.336. The molecule has 0 bridgehead atoms. The van der Waals surface area contributed by atoms with E-state index in [9.17, 15) is 19.7 Å². The van der Waals surface area contributed by atoms with Crippen LogP contribution < -0.4 is 14.8 Å². The molecule has 0 atom stereocenters. The van der Waals surface area contributed by atoms with Crippen LogP contribution in [0.15, 0.2) is 48.5 Å². The van der Waals surface area contributed by atoms with E-state index in [1.807, 2.05) is 25.1 Å². The molecule has 0 aliphatic heterocycles. The molecule has 2 aromatic rings. The largest absolute Gasteiger partial charge is 0.484 e. The fourth-order valence-corrected chi connectivity index (χ4v) is 2.03. The van der Waals surface area contributed by atoms with Gasteiger partial charge in [-0.1, -0.05) is 12.1 Å². The molecule has 0 aromatic heterocycles. The van der Waals surface area contributed by atoms with Gasteiger partial charge in [0.1, 0.15) is 11.5 Å². The van der Waals surface area contributed by atoms with Gasteiger partial charge >= 0.3 is 5.97 Å². The summed E-state index contributed by atoms with van der Waals surface area (Å²) >= 11 is 0. The summed E-state index contributed by atoms with van der Waals surface area (Å²) in [4.78, 5) is 33.4. The monoisotopic (exact) mass is 358 g/mol. The minimum absolute atomic E-state index is 0.0346. The molecular formula is C18H18N2O6. The first-order chi connectivity index (χ1) is 12.4. The average molecular weight is 358 g/mol. The first-order valence-corrected chi connectivity index (χ1v) is 7.85. The number of amides is 1. The molecule has 0 radical (unpaired) electrons. The number of nitro benzene ring substituents is 1. The number of hydrogen-bond donors (Lipinski definition) is 1. The van der Waals surface area contributed by atoms with Gasteiger partial charge in [0.15, 0.2) is 6.61 Å². The first kappa shape index (κ1) is 18.9. The van der Waals surface area contributed by atoms with Crippen molar-refractivity contribution in [3.8, 4) is 11.5 Å². The number of esters is 1. The van der Waals surface area contributed by atoms with Crippen molar-refractivity contribution in [1.82, 2.24) is 5.32 Å². The van der Waals surface area contributed by atoms with E-state index < -0.39 is 10.9 Å². The molecule has 8 heteroatoms. The number of carbonyl (C=O) groups is 2. The zero-order chi connectivity index (χ0) is 18.9. The number of carbonyl (C=O) groups excluding carboxylic acids is 2. The predicted octanol–water partition coefficient (Wildman–Crippen LogP) is 2.39. The van der Waals surface area contributed by atoms with Crippen molar-refractivity contribution in [2.75, 3.05) is 13.2 Å². The highest BCUT2D eigenvalue weighted by atomic mass is 16.6. The molecule has 136 valence electrons. The molecule has 2 rings (SSSR count). The van der Waals surface area contributed by atoms with Crippen LogP contribution in [0.3, 0.4) is 0 Å². The molecule has 0 heterocycles. The summed E-state index contributed by atoms with van der Waals surface area (Å²) in [5.41, 5.74) is 0.933. The predicted molar refractivity (Wildman–Crippen MR) is 93.0 cm³/mol. The van der Waals surface area contributed by atoms with Gasteiger partial charge < -0.3 is 14.8 Å². The number of ether oxygens (including phenoxy) is 2. The number of aryl methyl sites for hydroxylation is 1. The van der Waals surface area contributed by atoms with Crippen molar-refractivity contribution in [2.24, 2.45) is 0 Å². The van der Waals surface area contributed by atoms with Crippen LogP contribution in [0.4, 0.5) is 5.69 Å². The second-order valence-corrected chi connectivity index (χ2v) is 5.43. The summed E-state index contributed by atoms with van der Waals surface area (Å²) in [6.45, 7) is 1.87. The van der Waals surface area contributed by atoms with Crippen LogP contribution in [-0.2, 0) is 9.59 Å². The number of hydrogen-bond acceptors (Lipinski definition) is 6. The van der Waals surface area contributed by atoms with Gasteiger partial charge in [0.2, 0.25) is 0 Å². The minimum atomic E-state index is -0.557. The van der Waals surface area contributed by atoms with Crippen LogP contribution in [0, 0.1) is 17.0 Å². The standard InChI is InChI=1S/C18H18N2O6/c1-13-3-2-4-16(11-13)25-12-17(21)19-10-9-18(22)26-15-7-5-14(6-8-15)20(23)24/h2-8,11H,9-10,12H2,1H3,(H,19,21). The SMILES string of the molecule is Cc1cccc(OCC(=O)NCCC(=O)Oc2ccc([N+](=O)[O-])cc2)c1. The average Bonchev–Trinajstić information content (AvgIpc) is 2.60. The van der Waals surface area contributed by atoms with E-state index in [4.69, 9.17) is 9.47 Å². The van der Waals surface area contributed by atoms with E-state index >= 15 is 0 Å². The number of nitrogens with one attached hydrogen (secondary N) is 1. The van der Waals surface area contributed by atoms with E-state index in [1.165, 1.54) is 24.3 Å². The lowest BCUT2D eigenvalue weighted by Gasteiger charge is -2.08. The van der Waals surface area contributed by atoms with Gasteiger partial charge in [-0.15, -0.1) is 0 Å². The third kappa shape index (κ3) is 6.23. The highest BCUT2D eigenvalue weighted by Crippen LogP contribution is 2.17. The summed E-state index contributed by atoms with van der Waals surface area (Å²) in [5, 5.41) is 13.1. The van der Waals surface area contributed by atoms with Crippen molar-refractivity contribution in [3.05, 3.63) is 64.2 Å². The van der Waals surface area contributed by atoms with E-state index in [2.05, 4.69) is 5.32 Å². The molecule has 0 unspecified atom stereocenters. The molecule has 8 nitrogen and oxygen atoms in total. The van der Waals surface area contributed by atoms with Gasteiger partial charge in [-0.05, 0) is 36.8 Å². The second kappa shape index (κ2) is 9.16. The number of non-ortho nitro benzene ring substituents is 1. The third-order valence-corrected chi connectivity index (χ3v) is 3.29. The highest BCUT2D eigenvalue weighted by Gasteiger charge is 2.09. The highest BCUT2D eigenvalue weighted by molar-refractivity contribution is 5.78. The molecule has 0 fully saturated rings. The van der Waals surface area contributed by atoms with Crippen molar-refractivity contribution in [1.29, 1.82) is 0 Å². The lowest BCUT2D eigenvalue weighted by atomic mass is 10.2. The summed E-state index contributed by atoms with van der Waals surface area (Å²) in [5.74, 6) is -0.110. The number of nitro groups is 1. The summed E-state index contributed by atoms with van der Waals surface area (Å²) < 4.78 is 10.4. The Bertz CT molecular complexity index is 789. The molecular weight excluding hydrogens is 340 g/mol. The van der Waals surface area contributed by atoms with E-state index in [1.54, 1.807) is 6.07 Å². The number of benzene rings is 2. The van der Waals surface area contributed by atoms with Crippen molar-refractivity contribution in [2.45, 2.75) is 13.3 Å². The molecule has 0 aliphatic rings.